The molecule has 1 aromatic heterocycles. The fourth-order valence-electron chi connectivity index (χ4n) is 2.86. The molecule has 0 spiro atoms. The minimum Gasteiger partial charge on any atom is -0.358 e. The minimum atomic E-state index is -0.580. The molecule has 2 aromatic rings. The third-order valence-corrected chi connectivity index (χ3v) is 4.12. The van der Waals surface area contributed by atoms with Crippen LogP contribution in [0.15, 0.2) is 18.3 Å². The van der Waals surface area contributed by atoms with Gasteiger partial charge >= 0.3 is 5.82 Å². The first-order valence-electron chi connectivity index (χ1n) is 8.50. The van der Waals surface area contributed by atoms with Gasteiger partial charge in [-0.25, -0.2) is 0 Å². The Morgan fingerprint density at radius 1 is 1.15 bits per heavy atom. The Morgan fingerprint density at radius 3 is 2.33 bits per heavy atom. The third kappa shape index (κ3) is 5.37. The van der Waals surface area contributed by atoms with Gasteiger partial charge in [0.15, 0.2) is 0 Å². The van der Waals surface area contributed by atoms with Crippen molar-refractivity contribution < 1.29 is 14.5 Å². The van der Waals surface area contributed by atoms with Crippen molar-refractivity contribution >= 4 is 23.3 Å². The molecule has 1 aromatic carbocycles. The normalized spacial score (nSPS) is 10.5. The van der Waals surface area contributed by atoms with Gasteiger partial charge in [0.25, 0.3) is 0 Å². The molecule has 27 heavy (non-hydrogen) atoms. The van der Waals surface area contributed by atoms with Crippen LogP contribution < -0.4 is 10.6 Å². The lowest BCUT2D eigenvalue weighted by molar-refractivity contribution is -0.389. The highest BCUT2D eigenvalue weighted by Crippen LogP contribution is 2.21. The number of rotatable bonds is 7. The predicted octanol–water partition coefficient (Wildman–Crippen LogP) is 2.17. The maximum Gasteiger partial charge on any atom is 0.381 e. The number of nitro groups is 1. The average Bonchev–Trinajstić information content (AvgIpc) is 2.95. The van der Waals surface area contributed by atoms with Gasteiger partial charge in [0.2, 0.25) is 17.6 Å². The zero-order chi connectivity index (χ0) is 20.1. The standard InChI is InChI=1S/C18H23N5O4/c1-11-7-12(2)18(13(3)8-11)21-17(25)9-19-16(24)5-6-22-10-15(23(26)27)20-14(22)4/h7-8,10H,5-6,9H2,1-4H3,(H,19,24)(H,21,25). The van der Waals surface area contributed by atoms with E-state index in [2.05, 4.69) is 15.6 Å². The van der Waals surface area contributed by atoms with Gasteiger partial charge in [-0.2, -0.15) is 0 Å². The number of nitrogens with zero attached hydrogens (tertiary/aromatic N) is 3. The van der Waals surface area contributed by atoms with Crippen LogP contribution in [0, 0.1) is 37.8 Å². The van der Waals surface area contributed by atoms with E-state index in [1.807, 2.05) is 32.9 Å². The van der Waals surface area contributed by atoms with Crippen LogP contribution in [0.4, 0.5) is 11.5 Å². The SMILES string of the molecule is Cc1cc(C)c(NC(=O)CNC(=O)CCn2cc([N+](=O)[O-])nc2C)c(C)c1. The summed E-state index contributed by atoms with van der Waals surface area (Å²) in [4.78, 5) is 38.0. The minimum absolute atomic E-state index is 0.0875. The molecule has 144 valence electrons. The van der Waals surface area contributed by atoms with Crippen LogP contribution in [0.5, 0.6) is 0 Å². The number of hydrogen-bond donors (Lipinski definition) is 2. The molecule has 9 nitrogen and oxygen atoms in total. The number of anilines is 1. The fraction of sp³-hybridized carbons (Fsp3) is 0.389. The molecule has 0 atom stereocenters. The van der Waals surface area contributed by atoms with Crippen molar-refractivity contribution in [2.24, 2.45) is 0 Å². The molecule has 0 unspecified atom stereocenters. The van der Waals surface area contributed by atoms with E-state index in [4.69, 9.17) is 0 Å². The number of imidazole rings is 1. The summed E-state index contributed by atoms with van der Waals surface area (Å²) in [6.45, 7) is 7.56. The van der Waals surface area contributed by atoms with E-state index in [1.165, 1.54) is 10.8 Å². The van der Waals surface area contributed by atoms with Crippen molar-refractivity contribution in [1.29, 1.82) is 0 Å². The number of aryl methyl sites for hydroxylation is 5. The number of carbonyl (C=O) groups is 2. The first-order chi connectivity index (χ1) is 12.7. The van der Waals surface area contributed by atoms with Crippen molar-refractivity contribution in [3.05, 3.63) is 51.0 Å². The molecule has 0 bridgehead atoms. The Balaban J connectivity index is 1.83. The van der Waals surface area contributed by atoms with Gasteiger partial charge in [0.1, 0.15) is 6.20 Å². The zero-order valence-electron chi connectivity index (χ0n) is 15.8. The summed E-state index contributed by atoms with van der Waals surface area (Å²) in [6, 6.07) is 3.96. The molecule has 0 fully saturated rings. The van der Waals surface area contributed by atoms with Gasteiger partial charge in [-0.3, -0.25) is 9.59 Å². The van der Waals surface area contributed by atoms with Gasteiger partial charge in [0.05, 0.1) is 6.54 Å². The molecule has 0 saturated carbocycles. The van der Waals surface area contributed by atoms with Gasteiger partial charge in [-0.05, 0) is 41.8 Å². The van der Waals surface area contributed by atoms with E-state index in [-0.39, 0.29) is 37.1 Å². The second kappa shape index (κ2) is 8.43. The van der Waals surface area contributed by atoms with Crippen LogP contribution in [-0.2, 0) is 16.1 Å². The van der Waals surface area contributed by atoms with Crippen molar-refractivity contribution in [1.82, 2.24) is 14.9 Å². The molecular weight excluding hydrogens is 350 g/mol. The Morgan fingerprint density at radius 2 is 1.78 bits per heavy atom. The quantitative estimate of drug-likeness (QED) is 0.569. The molecule has 0 aliphatic heterocycles. The molecule has 0 aliphatic carbocycles. The van der Waals surface area contributed by atoms with Crippen LogP contribution in [0.3, 0.4) is 0 Å². The number of carbonyl (C=O) groups excluding carboxylic acids is 2. The van der Waals surface area contributed by atoms with Crippen LogP contribution >= 0.6 is 0 Å². The lowest BCUT2D eigenvalue weighted by atomic mass is 10.1. The summed E-state index contributed by atoms with van der Waals surface area (Å²) in [7, 11) is 0. The van der Waals surface area contributed by atoms with E-state index in [0.29, 0.717) is 5.82 Å². The summed E-state index contributed by atoms with van der Waals surface area (Å²) < 4.78 is 1.54. The van der Waals surface area contributed by atoms with E-state index in [9.17, 15) is 19.7 Å². The lowest BCUT2D eigenvalue weighted by Crippen LogP contribution is -2.33. The molecule has 2 N–H and O–H groups in total. The van der Waals surface area contributed by atoms with Crippen LogP contribution in [0.2, 0.25) is 0 Å². The summed E-state index contributed by atoms with van der Waals surface area (Å²) in [5, 5.41) is 16.1. The van der Waals surface area contributed by atoms with Crippen molar-refractivity contribution in [3.63, 3.8) is 0 Å². The van der Waals surface area contributed by atoms with E-state index in [1.54, 1.807) is 6.92 Å². The summed E-state index contributed by atoms with van der Waals surface area (Å²) in [6.07, 6.45) is 1.38. The number of hydrogen-bond acceptors (Lipinski definition) is 5. The van der Waals surface area contributed by atoms with E-state index < -0.39 is 4.92 Å². The van der Waals surface area contributed by atoms with Crippen molar-refractivity contribution in [3.8, 4) is 0 Å². The molecule has 0 aliphatic rings. The highest BCUT2D eigenvalue weighted by Gasteiger charge is 2.16. The second-order valence-electron chi connectivity index (χ2n) is 6.45. The average molecular weight is 373 g/mol. The molecule has 0 radical (unpaired) electrons. The second-order valence-corrected chi connectivity index (χ2v) is 6.45. The van der Waals surface area contributed by atoms with Gasteiger partial charge in [-0.1, -0.05) is 17.7 Å². The first kappa shape index (κ1) is 20.1. The Kier molecular flexibility index (Phi) is 6.27. The third-order valence-electron chi connectivity index (χ3n) is 4.12. The fourth-order valence-corrected chi connectivity index (χ4v) is 2.86. The summed E-state index contributed by atoms with van der Waals surface area (Å²) >= 11 is 0. The highest BCUT2D eigenvalue weighted by molar-refractivity contribution is 5.95. The maximum atomic E-state index is 12.1. The zero-order valence-corrected chi connectivity index (χ0v) is 15.8. The van der Waals surface area contributed by atoms with Crippen LogP contribution in [0.1, 0.15) is 28.9 Å². The van der Waals surface area contributed by atoms with Gasteiger partial charge < -0.3 is 25.3 Å². The molecule has 2 amide bonds. The number of nitrogens with one attached hydrogen (secondary N) is 2. The topological polar surface area (TPSA) is 119 Å². The maximum absolute atomic E-state index is 12.1. The molecule has 2 rings (SSSR count). The van der Waals surface area contributed by atoms with Crippen LogP contribution in [0.25, 0.3) is 0 Å². The first-order valence-corrected chi connectivity index (χ1v) is 8.50. The lowest BCUT2D eigenvalue weighted by Gasteiger charge is -2.13. The van der Waals surface area contributed by atoms with E-state index in [0.717, 1.165) is 22.4 Å². The van der Waals surface area contributed by atoms with Crippen LogP contribution in [-0.4, -0.2) is 32.8 Å². The highest BCUT2D eigenvalue weighted by atomic mass is 16.6. The number of amides is 2. The monoisotopic (exact) mass is 373 g/mol. The van der Waals surface area contributed by atoms with Gasteiger partial charge in [-0.15, -0.1) is 0 Å². The van der Waals surface area contributed by atoms with Gasteiger partial charge in [0, 0.05) is 25.6 Å². The molecule has 1 heterocycles. The van der Waals surface area contributed by atoms with Crippen molar-refractivity contribution in [2.75, 3.05) is 11.9 Å². The largest absolute Gasteiger partial charge is 0.381 e. The Bertz CT molecular complexity index is 865. The number of aromatic nitrogens is 2. The summed E-state index contributed by atoms with van der Waals surface area (Å²) in [5.74, 6) is -0.431. The molecule has 0 saturated heterocycles. The molecule has 9 heteroatoms. The number of benzene rings is 1. The Hall–Kier alpha value is -3.23. The molecular formula is C18H23N5O4. The Labute approximate surface area is 156 Å². The smallest absolute Gasteiger partial charge is 0.358 e. The van der Waals surface area contributed by atoms with Crippen molar-refractivity contribution in [2.45, 2.75) is 40.7 Å². The summed E-state index contributed by atoms with van der Waals surface area (Å²) in [5.41, 5.74) is 3.79. The predicted molar refractivity (Wildman–Crippen MR) is 101 cm³/mol. The van der Waals surface area contributed by atoms with E-state index >= 15 is 0 Å².